The van der Waals surface area contributed by atoms with Gasteiger partial charge < -0.3 is 9.67 Å². The molecule has 0 saturated heterocycles. The molecule has 30 heavy (non-hydrogen) atoms. The van der Waals surface area contributed by atoms with E-state index in [1.54, 1.807) is 12.1 Å². The molecule has 1 amide bonds. The first-order chi connectivity index (χ1) is 14.5. The molecule has 1 aromatic heterocycles. The highest BCUT2D eigenvalue weighted by molar-refractivity contribution is 9.10. The van der Waals surface area contributed by atoms with Crippen molar-refractivity contribution < 1.29 is 9.90 Å². The minimum atomic E-state index is -0.287. The number of para-hydroxylation sites is 1. The third-order valence-corrected chi connectivity index (χ3v) is 5.67. The summed E-state index contributed by atoms with van der Waals surface area (Å²) in [6, 6.07) is 13.1. The smallest absolute Gasteiger partial charge is 0.250 e. The molecule has 0 unspecified atom stereocenters. The second-order valence-electron chi connectivity index (χ2n) is 6.31. The van der Waals surface area contributed by atoms with Crippen LogP contribution < -0.4 is 5.43 Å². The van der Waals surface area contributed by atoms with Gasteiger partial charge in [0, 0.05) is 22.6 Å². The highest BCUT2D eigenvalue weighted by Gasteiger charge is 2.13. The number of amides is 1. The second-order valence-corrected chi connectivity index (χ2v) is 8.16. The number of allylic oxidation sites excluding steroid dienone is 1. The van der Waals surface area contributed by atoms with Crippen molar-refractivity contribution in [1.82, 2.24) is 20.2 Å². The number of thioether (sulfide) groups is 1. The van der Waals surface area contributed by atoms with Crippen molar-refractivity contribution in [3.63, 3.8) is 0 Å². The number of aromatic nitrogens is 3. The van der Waals surface area contributed by atoms with E-state index in [1.165, 1.54) is 18.0 Å². The Kier molecular flexibility index (Phi) is 7.42. The molecule has 0 radical (unpaired) electrons. The number of benzene rings is 2. The van der Waals surface area contributed by atoms with Crippen LogP contribution >= 0.6 is 27.7 Å². The maximum Gasteiger partial charge on any atom is 0.250 e. The van der Waals surface area contributed by atoms with Gasteiger partial charge in [0.1, 0.15) is 5.75 Å². The van der Waals surface area contributed by atoms with Crippen molar-refractivity contribution in [2.75, 3.05) is 5.75 Å². The zero-order valence-corrected chi connectivity index (χ0v) is 18.7. The van der Waals surface area contributed by atoms with Crippen LogP contribution in [0.1, 0.15) is 11.1 Å². The first-order valence-corrected chi connectivity index (χ1v) is 10.8. The van der Waals surface area contributed by atoms with Crippen LogP contribution in [0.3, 0.4) is 0 Å². The average Bonchev–Trinajstić information content (AvgIpc) is 3.10. The van der Waals surface area contributed by atoms with Gasteiger partial charge >= 0.3 is 0 Å². The van der Waals surface area contributed by atoms with Gasteiger partial charge in [-0.15, -0.1) is 16.8 Å². The van der Waals surface area contributed by atoms with Gasteiger partial charge in [-0.2, -0.15) is 5.10 Å². The van der Waals surface area contributed by atoms with Gasteiger partial charge in [-0.25, -0.2) is 5.43 Å². The van der Waals surface area contributed by atoms with Crippen LogP contribution in [0, 0.1) is 0 Å². The van der Waals surface area contributed by atoms with E-state index in [0.29, 0.717) is 23.0 Å². The Balaban J connectivity index is 1.57. The summed E-state index contributed by atoms with van der Waals surface area (Å²) in [4.78, 5) is 12.1. The first-order valence-electron chi connectivity index (χ1n) is 9.01. The molecule has 0 fully saturated rings. The van der Waals surface area contributed by atoms with Crippen LogP contribution in [0.5, 0.6) is 5.75 Å². The van der Waals surface area contributed by atoms with Gasteiger partial charge in [-0.1, -0.05) is 58.0 Å². The zero-order chi connectivity index (χ0) is 21.5. The summed E-state index contributed by atoms with van der Waals surface area (Å²) in [6.07, 6.45) is 3.68. The molecule has 9 heteroatoms. The monoisotopic (exact) mass is 485 g/mol. The summed E-state index contributed by atoms with van der Waals surface area (Å²) >= 11 is 4.71. The average molecular weight is 486 g/mol. The van der Waals surface area contributed by atoms with Crippen molar-refractivity contribution in [2.24, 2.45) is 12.1 Å². The standard InChI is InChI=1S/C21H20BrN5O2S/c1-3-6-14-7-4-9-16(19(14)29)12-23-24-18(28)13-30-21-26-25-20(27(21)2)15-8-5-10-17(22)11-15/h3-5,7-12,29H,1,6,13H2,2H3,(H,24,28)/b23-12+. The minimum absolute atomic E-state index is 0.129. The lowest BCUT2D eigenvalue weighted by molar-refractivity contribution is -0.118. The third kappa shape index (κ3) is 5.37. The van der Waals surface area contributed by atoms with Crippen molar-refractivity contribution >= 4 is 39.8 Å². The van der Waals surface area contributed by atoms with Gasteiger partial charge in [-0.3, -0.25) is 4.79 Å². The number of aromatic hydroxyl groups is 1. The molecule has 2 N–H and O–H groups in total. The number of hydrazone groups is 1. The van der Waals surface area contributed by atoms with Gasteiger partial charge in [-0.05, 0) is 30.2 Å². The van der Waals surface area contributed by atoms with E-state index in [-0.39, 0.29) is 17.4 Å². The number of carbonyl (C=O) groups is 1. The molecule has 0 bridgehead atoms. The summed E-state index contributed by atoms with van der Waals surface area (Å²) in [7, 11) is 1.85. The quantitative estimate of drug-likeness (QED) is 0.218. The maximum absolute atomic E-state index is 12.1. The van der Waals surface area contributed by atoms with Crippen molar-refractivity contribution in [3.8, 4) is 17.1 Å². The van der Waals surface area contributed by atoms with Crippen LogP contribution in [0.4, 0.5) is 0 Å². The Morgan fingerprint density at radius 3 is 2.90 bits per heavy atom. The predicted molar refractivity (Wildman–Crippen MR) is 123 cm³/mol. The molecule has 0 aliphatic heterocycles. The molecule has 0 aliphatic rings. The summed E-state index contributed by atoms with van der Waals surface area (Å²) in [5.41, 5.74) is 4.66. The number of hydrogen-bond acceptors (Lipinski definition) is 6. The lowest BCUT2D eigenvalue weighted by Crippen LogP contribution is -2.20. The SMILES string of the molecule is C=CCc1cccc(/C=N/NC(=O)CSc2nnc(-c3cccc(Br)c3)n2C)c1O. The van der Waals surface area contributed by atoms with Crippen LogP contribution in [0.25, 0.3) is 11.4 Å². The molecule has 7 nitrogen and oxygen atoms in total. The molecule has 154 valence electrons. The largest absolute Gasteiger partial charge is 0.507 e. The summed E-state index contributed by atoms with van der Waals surface area (Å²) in [5.74, 6) is 0.686. The number of nitrogens with one attached hydrogen (secondary N) is 1. The number of rotatable bonds is 8. The van der Waals surface area contributed by atoms with E-state index in [4.69, 9.17) is 0 Å². The van der Waals surface area contributed by atoms with E-state index in [9.17, 15) is 9.90 Å². The van der Waals surface area contributed by atoms with E-state index < -0.39 is 0 Å². The third-order valence-electron chi connectivity index (χ3n) is 4.16. The number of nitrogens with zero attached hydrogens (tertiary/aromatic N) is 4. The number of phenols is 1. The minimum Gasteiger partial charge on any atom is -0.507 e. The summed E-state index contributed by atoms with van der Waals surface area (Å²) in [5, 5.41) is 23.1. The van der Waals surface area contributed by atoms with Crippen LogP contribution in [-0.2, 0) is 18.3 Å². The molecular formula is C21H20BrN5O2S. The Morgan fingerprint density at radius 1 is 1.33 bits per heavy atom. The molecule has 1 heterocycles. The number of carbonyl (C=O) groups excluding carboxylic acids is 1. The summed E-state index contributed by atoms with van der Waals surface area (Å²) in [6.45, 7) is 3.67. The fraction of sp³-hybridized carbons (Fsp3) is 0.143. The lowest BCUT2D eigenvalue weighted by Gasteiger charge is -2.05. The molecule has 0 aliphatic carbocycles. The fourth-order valence-electron chi connectivity index (χ4n) is 2.69. The lowest BCUT2D eigenvalue weighted by atomic mass is 10.1. The van der Waals surface area contributed by atoms with Crippen LogP contribution in [0.2, 0.25) is 0 Å². The molecule has 3 aromatic rings. The van der Waals surface area contributed by atoms with Crippen LogP contribution in [0.15, 0.2) is 69.9 Å². The Bertz CT molecular complexity index is 1100. The van der Waals surface area contributed by atoms with Crippen molar-refractivity contribution in [1.29, 1.82) is 0 Å². The van der Waals surface area contributed by atoms with Crippen molar-refractivity contribution in [3.05, 3.63) is 70.7 Å². The summed E-state index contributed by atoms with van der Waals surface area (Å²) < 4.78 is 2.79. The van der Waals surface area contributed by atoms with Gasteiger partial charge in [0.05, 0.1) is 12.0 Å². The second kappa shape index (κ2) is 10.2. The van der Waals surface area contributed by atoms with E-state index in [2.05, 4.69) is 43.2 Å². The van der Waals surface area contributed by atoms with E-state index in [0.717, 1.165) is 15.6 Å². The Labute approximate surface area is 187 Å². The molecule has 0 spiro atoms. The maximum atomic E-state index is 12.1. The molecule has 2 aromatic carbocycles. The Morgan fingerprint density at radius 2 is 2.13 bits per heavy atom. The fourth-order valence-corrected chi connectivity index (χ4v) is 3.79. The number of phenolic OH excluding ortho intramolecular Hbond substituents is 1. The van der Waals surface area contributed by atoms with Crippen molar-refractivity contribution in [2.45, 2.75) is 11.6 Å². The van der Waals surface area contributed by atoms with E-state index in [1.807, 2.05) is 48.0 Å². The Hall–Kier alpha value is -2.91. The van der Waals surface area contributed by atoms with Gasteiger partial charge in [0.15, 0.2) is 11.0 Å². The molecule has 0 saturated carbocycles. The highest BCUT2D eigenvalue weighted by atomic mass is 79.9. The first kappa shape index (κ1) is 21.8. The number of hydrogen-bond donors (Lipinski definition) is 2. The topological polar surface area (TPSA) is 92.4 Å². The van der Waals surface area contributed by atoms with Gasteiger partial charge in [0.2, 0.25) is 0 Å². The number of halogens is 1. The normalized spacial score (nSPS) is 11.0. The van der Waals surface area contributed by atoms with Gasteiger partial charge in [0.25, 0.3) is 5.91 Å². The molecule has 0 atom stereocenters. The van der Waals surface area contributed by atoms with E-state index >= 15 is 0 Å². The van der Waals surface area contributed by atoms with Crippen LogP contribution in [-0.4, -0.2) is 37.7 Å². The zero-order valence-electron chi connectivity index (χ0n) is 16.2. The molecular weight excluding hydrogens is 466 g/mol. The highest BCUT2D eigenvalue weighted by Crippen LogP contribution is 2.25. The molecule has 3 rings (SSSR count). The predicted octanol–water partition coefficient (Wildman–Crippen LogP) is 3.92.